The van der Waals surface area contributed by atoms with Crippen LogP contribution in [0.15, 0.2) is 42.5 Å². The third-order valence-corrected chi connectivity index (χ3v) is 3.43. The van der Waals surface area contributed by atoms with Gasteiger partial charge in [0.1, 0.15) is 11.6 Å². The van der Waals surface area contributed by atoms with Crippen molar-refractivity contribution in [3.05, 3.63) is 64.4 Å². The van der Waals surface area contributed by atoms with Gasteiger partial charge in [-0.2, -0.15) is 0 Å². The van der Waals surface area contributed by atoms with E-state index in [1.54, 1.807) is 6.07 Å². The fourth-order valence-electron chi connectivity index (χ4n) is 1.93. The van der Waals surface area contributed by atoms with Gasteiger partial charge >= 0.3 is 0 Å². The molecular formula is C16H15ClFNO. The number of hydrogen-bond donors (Lipinski definition) is 1. The zero-order chi connectivity index (χ0) is 14.5. The van der Waals surface area contributed by atoms with Crippen LogP contribution in [0.25, 0.3) is 0 Å². The Morgan fingerprint density at radius 3 is 2.50 bits per heavy atom. The van der Waals surface area contributed by atoms with E-state index in [1.807, 2.05) is 24.3 Å². The second-order valence-electron chi connectivity index (χ2n) is 4.69. The highest BCUT2D eigenvalue weighted by Crippen LogP contribution is 2.18. The lowest BCUT2D eigenvalue weighted by molar-refractivity contribution is -0.118. The van der Waals surface area contributed by atoms with Gasteiger partial charge in [-0.3, -0.25) is 4.79 Å². The van der Waals surface area contributed by atoms with E-state index in [0.29, 0.717) is 29.1 Å². The molecule has 0 unspecified atom stereocenters. The van der Waals surface area contributed by atoms with Crippen molar-refractivity contribution in [1.82, 2.24) is 0 Å². The molecule has 2 aromatic carbocycles. The van der Waals surface area contributed by atoms with Crippen LogP contribution in [0, 0.1) is 5.82 Å². The van der Waals surface area contributed by atoms with Gasteiger partial charge in [0.15, 0.2) is 0 Å². The quantitative estimate of drug-likeness (QED) is 0.851. The van der Waals surface area contributed by atoms with Crippen molar-refractivity contribution in [2.75, 3.05) is 5.73 Å². The van der Waals surface area contributed by atoms with E-state index in [9.17, 15) is 9.18 Å². The minimum Gasteiger partial charge on any atom is -0.399 e. The van der Waals surface area contributed by atoms with E-state index in [4.69, 9.17) is 17.3 Å². The molecule has 0 bridgehead atoms. The van der Waals surface area contributed by atoms with Gasteiger partial charge in [0.05, 0.1) is 0 Å². The Morgan fingerprint density at radius 1 is 1.15 bits per heavy atom. The summed E-state index contributed by atoms with van der Waals surface area (Å²) in [5.41, 5.74) is 8.04. The highest BCUT2D eigenvalue weighted by Gasteiger charge is 2.08. The number of Topliss-reactive ketones (excluding diaryl/α,β-unsaturated/α-hetero) is 1. The normalized spacial score (nSPS) is 10.5. The Balaban J connectivity index is 1.90. The predicted octanol–water partition coefficient (Wildman–Crippen LogP) is 3.81. The molecule has 0 aliphatic rings. The molecule has 0 fully saturated rings. The maximum Gasteiger partial charge on any atom is 0.137 e. The first-order chi connectivity index (χ1) is 9.54. The topological polar surface area (TPSA) is 43.1 Å². The fraction of sp³-hybridized carbons (Fsp3) is 0.188. The first kappa shape index (κ1) is 14.5. The Morgan fingerprint density at radius 2 is 1.85 bits per heavy atom. The Hall–Kier alpha value is -1.87. The van der Waals surface area contributed by atoms with Crippen molar-refractivity contribution in [1.29, 1.82) is 0 Å². The van der Waals surface area contributed by atoms with Crippen LogP contribution in [0.3, 0.4) is 0 Å². The molecule has 2 N–H and O–H groups in total. The zero-order valence-corrected chi connectivity index (χ0v) is 11.7. The van der Waals surface area contributed by atoms with Crippen molar-refractivity contribution in [2.45, 2.75) is 19.3 Å². The first-order valence-electron chi connectivity index (χ1n) is 6.34. The predicted molar refractivity (Wildman–Crippen MR) is 79.3 cm³/mol. The zero-order valence-electron chi connectivity index (χ0n) is 10.9. The molecule has 2 rings (SSSR count). The molecule has 0 aliphatic heterocycles. The standard InChI is InChI=1S/C16H15ClFNO/c17-16-10-13(18)5-4-12(16)9-15(20)8-3-11-1-6-14(19)7-2-11/h1-2,4-7,10H,3,8-9,19H2. The minimum absolute atomic E-state index is 0.0790. The average Bonchev–Trinajstić information content (AvgIpc) is 2.41. The number of carbonyl (C=O) groups excluding carboxylic acids is 1. The van der Waals surface area contributed by atoms with Crippen LogP contribution in [0.2, 0.25) is 5.02 Å². The third kappa shape index (κ3) is 4.07. The fourth-order valence-corrected chi connectivity index (χ4v) is 2.17. The molecule has 2 nitrogen and oxygen atoms in total. The molecule has 2 aromatic rings. The SMILES string of the molecule is Nc1ccc(CCC(=O)Cc2ccc(F)cc2Cl)cc1. The van der Waals surface area contributed by atoms with E-state index >= 15 is 0 Å². The summed E-state index contributed by atoms with van der Waals surface area (Å²) in [5.74, 6) is -0.316. The summed E-state index contributed by atoms with van der Waals surface area (Å²) in [6.07, 6.45) is 1.32. The molecule has 0 aliphatic carbocycles. The number of nitrogens with two attached hydrogens (primary N) is 1. The van der Waals surface area contributed by atoms with Crippen LogP contribution in [0.4, 0.5) is 10.1 Å². The lowest BCUT2D eigenvalue weighted by atomic mass is 10.0. The largest absolute Gasteiger partial charge is 0.399 e. The Labute approximate surface area is 122 Å². The van der Waals surface area contributed by atoms with Gasteiger partial charge < -0.3 is 5.73 Å². The number of aryl methyl sites for hydroxylation is 1. The lowest BCUT2D eigenvalue weighted by Gasteiger charge is -2.05. The molecule has 0 atom stereocenters. The van der Waals surface area contributed by atoms with Crippen LogP contribution in [-0.2, 0) is 17.6 Å². The molecule has 0 radical (unpaired) electrons. The average molecular weight is 292 g/mol. The van der Waals surface area contributed by atoms with Gasteiger partial charge in [0.25, 0.3) is 0 Å². The van der Waals surface area contributed by atoms with Crippen molar-refractivity contribution in [2.24, 2.45) is 0 Å². The molecule has 0 spiro atoms. The number of nitrogen functional groups attached to an aromatic ring is 1. The smallest absolute Gasteiger partial charge is 0.137 e. The summed E-state index contributed by atoms with van der Waals surface area (Å²) in [6, 6.07) is 11.5. The number of halogens is 2. The number of rotatable bonds is 5. The van der Waals surface area contributed by atoms with E-state index < -0.39 is 5.82 Å². The molecule has 4 heteroatoms. The van der Waals surface area contributed by atoms with Crippen LogP contribution in [0.5, 0.6) is 0 Å². The molecule has 0 heterocycles. The Bertz CT molecular complexity index is 610. The summed E-state index contributed by atoms with van der Waals surface area (Å²) in [6.45, 7) is 0. The van der Waals surface area contributed by atoms with Crippen LogP contribution in [0.1, 0.15) is 17.5 Å². The maximum atomic E-state index is 12.9. The van der Waals surface area contributed by atoms with Crippen LogP contribution in [-0.4, -0.2) is 5.78 Å². The summed E-state index contributed by atoms with van der Waals surface area (Å²) in [5, 5.41) is 0.297. The second kappa shape index (κ2) is 6.53. The van der Waals surface area contributed by atoms with Crippen molar-refractivity contribution in [3.8, 4) is 0 Å². The highest BCUT2D eigenvalue weighted by atomic mass is 35.5. The van der Waals surface area contributed by atoms with Gasteiger partial charge in [-0.15, -0.1) is 0 Å². The second-order valence-corrected chi connectivity index (χ2v) is 5.10. The molecule has 0 aromatic heterocycles. The van der Waals surface area contributed by atoms with Gasteiger partial charge in [-0.25, -0.2) is 4.39 Å². The highest BCUT2D eigenvalue weighted by molar-refractivity contribution is 6.31. The van der Waals surface area contributed by atoms with Crippen molar-refractivity contribution in [3.63, 3.8) is 0 Å². The van der Waals surface area contributed by atoms with Gasteiger partial charge in [0, 0.05) is 23.6 Å². The molecule has 0 saturated carbocycles. The van der Waals surface area contributed by atoms with E-state index in [2.05, 4.69) is 0 Å². The molecule has 104 valence electrons. The molecule has 20 heavy (non-hydrogen) atoms. The van der Waals surface area contributed by atoms with Gasteiger partial charge in [-0.1, -0.05) is 29.8 Å². The van der Waals surface area contributed by atoms with E-state index in [1.165, 1.54) is 12.1 Å². The number of carbonyl (C=O) groups is 1. The third-order valence-electron chi connectivity index (χ3n) is 3.07. The van der Waals surface area contributed by atoms with E-state index in [-0.39, 0.29) is 12.2 Å². The maximum absolute atomic E-state index is 12.9. The molecular weight excluding hydrogens is 277 g/mol. The first-order valence-corrected chi connectivity index (χ1v) is 6.72. The van der Waals surface area contributed by atoms with Gasteiger partial charge in [0.2, 0.25) is 0 Å². The van der Waals surface area contributed by atoms with Crippen molar-refractivity contribution >= 4 is 23.1 Å². The van der Waals surface area contributed by atoms with Crippen molar-refractivity contribution < 1.29 is 9.18 Å². The summed E-state index contributed by atoms with van der Waals surface area (Å²) in [4.78, 5) is 11.9. The molecule has 0 saturated heterocycles. The van der Waals surface area contributed by atoms with Gasteiger partial charge in [-0.05, 0) is 41.8 Å². The number of hydrogen-bond acceptors (Lipinski definition) is 2. The van der Waals surface area contributed by atoms with E-state index in [0.717, 1.165) is 5.56 Å². The number of ketones is 1. The monoisotopic (exact) mass is 291 g/mol. The minimum atomic E-state index is -0.395. The lowest BCUT2D eigenvalue weighted by Crippen LogP contribution is -2.05. The number of anilines is 1. The summed E-state index contributed by atoms with van der Waals surface area (Å²) in [7, 11) is 0. The summed E-state index contributed by atoms with van der Waals surface area (Å²) < 4.78 is 12.9. The Kier molecular flexibility index (Phi) is 4.74. The number of benzene rings is 2. The van der Waals surface area contributed by atoms with Crippen LogP contribution < -0.4 is 5.73 Å². The van der Waals surface area contributed by atoms with Crippen LogP contribution >= 0.6 is 11.6 Å². The molecule has 0 amide bonds. The summed E-state index contributed by atoms with van der Waals surface area (Å²) >= 11 is 5.90.